The molecule has 0 bridgehead atoms. The number of nitrogens with zero attached hydrogens (tertiary/aromatic N) is 1. The van der Waals surface area contributed by atoms with Crippen LogP contribution in [-0.2, 0) is 0 Å². The summed E-state index contributed by atoms with van der Waals surface area (Å²) in [7, 11) is 0. The fraction of sp³-hybridized carbons (Fsp3) is 0.231. The Hall–Kier alpha value is -2.70. The number of benzene rings is 1. The molecule has 20 heavy (non-hydrogen) atoms. The van der Waals surface area contributed by atoms with E-state index in [0.29, 0.717) is 24.6 Å². The fourth-order valence-corrected chi connectivity index (χ4v) is 2.15. The van der Waals surface area contributed by atoms with Gasteiger partial charge in [0.15, 0.2) is 5.82 Å². The quantitative estimate of drug-likeness (QED) is 0.562. The van der Waals surface area contributed by atoms with E-state index in [9.17, 15) is 4.79 Å². The average Bonchev–Trinajstić information content (AvgIpc) is 2.46. The van der Waals surface area contributed by atoms with Crippen molar-refractivity contribution >= 4 is 23.1 Å². The van der Waals surface area contributed by atoms with Gasteiger partial charge in [-0.1, -0.05) is 18.2 Å². The number of hydrogen-bond acceptors (Lipinski definition) is 6. The Morgan fingerprint density at radius 1 is 1.35 bits per heavy atom. The summed E-state index contributed by atoms with van der Waals surface area (Å²) in [5.74, 6) is 0.617. The summed E-state index contributed by atoms with van der Waals surface area (Å²) in [5.41, 5.74) is 6.73. The SMILES string of the molecule is Nc1nc2c(c(=O)[nH]1)NC(CNc1ccccc1)CN2. The second-order valence-corrected chi connectivity index (χ2v) is 4.64. The third kappa shape index (κ3) is 2.51. The highest BCUT2D eigenvalue weighted by atomic mass is 16.1. The largest absolute Gasteiger partial charge is 0.383 e. The maximum absolute atomic E-state index is 11.8. The van der Waals surface area contributed by atoms with E-state index < -0.39 is 0 Å². The number of fused-ring (bicyclic) bond motifs is 1. The summed E-state index contributed by atoms with van der Waals surface area (Å²) < 4.78 is 0. The van der Waals surface area contributed by atoms with Crippen molar-refractivity contribution in [1.82, 2.24) is 9.97 Å². The number of hydrogen-bond donors (Lipinski definition) is 5. The van der Waals surface area contributed by atoms with Crippen molar-refractivity contribution < 1.29 is 0 Å². The Bertz CT molecular complexity index is 654. The Morgan fingerprint density at radius 3 is 2.95 bits per heavy atom. The molecule has 2 aromatic rings. The molecule has 0 aliphatic carbocycles. The van der Waals surface area contributed by atoms with Gasteiger partial charge in [0.05, 0.1) is 6.04 Å². The van der Waals surface area contributed by atoms with Gasteiger partial charge in [-0.3, -0.25) is 9.78 Å². The second kappa shape index (κ2) is 5.12. The lowest BCUT2D eigenvalue weighted by Gasteiger charge is -2.27. The highest BCUT2D eigenvalue weighted by molar-refractivity contribution is 5.67. The predicted molar refractivity (Wildman–Crippen MR) is 80.1 cm³/mol. The Labute approximate surface area is 115 Å². The van der Waals surface area contributed by atoms with Crippen LogP contribution in [0.4, 0.5) is 23.1 Å². The van der Waals surface area contributed by atoms with Crippen LogP contribution in [0.15, 0.2) is 35.1 Å². The van der Waals surface area contributed by atoms with Gasteiger partial charge in [-0.2, -0.15) is 4.98 Å². The number of nitrogens with two attached hydrogens (primary N) is 1. The summed E-state index contributed by atoms with van der Waals surface area (Å²) in [6, 6.07) is 10.0. The summed E-state index contributed by atoms with van der Waals surface area (Å²) >= 11 is 0. The van der Waals surface area contributed by atoms with Crippen LogP contribution in [0.1, 0.15) is 0 Å². The van der Waals surface area contributed by atoms with Gasteiger partial charge in [0.25, 0.3) is 5.56 Å². The van der Waals surface area contributed by atoms with Gasteiger partial charge in [0.1, 0.15) is 5.69 Å². The standard InChI is InChI=1S/C13H16N6O/c14-13-18-11-10(12(20)19-13)17-9(7-16-11)6-15-8-4-2-1-3-5-8/h1-5,9,15,17H,6-7H2,(H4,14,16,18,19,20). The summed E-state index contributed by atoms with van der Waals surface area (Å²) in [5, 5.41) is 9.61. The minimum absolute atomic E-state index is 0.0919. The Balaban J connectivity index is 1.68. The minimum Gasteiger partial charge on any atom is -0.383 e. The molecular formula is C13H16N6O. The number of rotatable bonds is 3. The van der Waals surface area contributed by atoms with Crippen LogP contribution in [0.2, 0.25) is 0 Å². The van der Waals surface area contributed by atoms with Crippen LogP contribution in [-0.4, -0.2) is 29.1 Å². The lowest BCUT2D eigenvalue weighted by Crippen LogP contribution is -2.41. The lowest BCUT2D eigenvalue weighted by molar-refractivity contribution is 0.762. The van der Waals surface area contributed by atoms with Crippen molar-refractivity contribution in [3.63, 3.8) is 0 Å². The first-order valence-electron chi connectivity index (χ1n) is 6.41. The van der Waals surface area contributed by atoms with Gasteiger partial charge >= 0.3 is 0 Å². The molecule has 2 heterocycles. The summed E-state index contributed by atoms with van der Waals surface area (Å²) in [4.78, 5) is 18.3. The predicted octanol–water partition coefficient (Wildman–Crippen LogP) is 0.670. The number of para-hydroxylation sites is 1. The zero-order valence-electron chi connectivity index (χ0n) is 10.8. The molecule has 1 aliphatic rings. The Kier molecular flexibility index (Phi) is 3.16. The lowest BCUT2D eigenvalue weighted by atomic mass is 10.2. The maximum atomic E-state index is 11.8. The number of H-pyrrole nitrogens is 1. The molecule has 1 aromatic heterocycles. The van der Waals surface area contributed by atoms with Gasteiger partial charge < -0.3 is 21.7 Å². The van der Waals surface area contributed by atoms with E-state index in [1.807, 2.05) is 30.3 Å². The van der Waals surface area contributed by atoms with Crippen molar-refractivity contribution in [2.24, 2.45) is 0 Å². The number of anilines is 4. The third-order valence-electron chi connectivity index (χ3n) is 3.13. The van der Waals surface area contributed by atoms with Crippen molar-refractivity contribution in [3.05, 3.63) is 40.7 Å². The van der Waals surface area contributed by atoms with Gasteiger partial charge in [0, 0.05) is 18.8 Å². The van der Waals surface area contributed by atoms with Gasteiger partial charge in [-0.25, -0.2) is 0 Å². The first-order valence-corrected chi connectivity index (χ1v) is 6.41. The molecule has 1 aromatic carbocycles. The van der Waals surface area contributed by atoms with Crippen LogP contribution in [0.25, 0.3) is 0 Å². The molecule has 7 heteroatoms. The molecule has 104 valence electrons. The number of aromatic amines is 1. The third-order valence-corrected chi connectivity index (χ3v) is 3.13. The van der Waals surface area contributed by atoms with Crippen molar-refractivity contribution in [3.8, 4) is 0 Å². The van der Waals surface area contributed by atoms with Crippen LogP contribution in [0.3, 0.4) is 0 Å². The average molecular weight is 272 g/mol. The molecule has 7 nitrogen and oxygen atoms in total. The molecule has 1 aliphatic heterocycles. The molecule has 0 saturated heterocycles. The molecule has 6 N–H and O–H groups in total. The van der Waals surface area contributed by atoms with E-state index >= 15 is 0 Å². The number of aromatic nitrogens is 2. The highest BCUT2D eigenvalue weighted by Gasteiger charge is 2.21. The molecule has 0 saturated carbocycles. The molecule has 3 rings (SSSR count). The van der Waals surface area contributed by atoms with E-state index in [-0.39, 0.29) is 17.5 Å². The smallest absolute Gasteiger partial charge is 0.277 e. The molecule has 0 amide bonds. The monoisotopic (exact) mass is 272 g/mol. The molecule has 0 fully saturated rings. The number of nitrogen functional groups attached to an aromatic ring is 1. The molecule has 1 atom stereocenters. The first-order chi connectivity index (χ1) is 9.72. The van der Waals surface area contributed by atoms with Crippen LogP contribution in [0, 0.1) is 0 Å². The fourth-order valence-electron chi connectivity index (χ4n) is 2.15. The highest BCUT2D eigenvalue weighted by Crippen LogP contribution is 2.19. The molecule has 0 spiro atoms. The van der Waals surface area contributed by atoms with Crippen LogP contribution >= 0.6 is 0 Å². The van der Waals surface area contributed by atoms with E-state index in [4.69, 9.17) is 5.73 Å². The molecule has 0 radical (unpaired) electrons. The first kappa shape index (κ1) is 12.3. The van der Waals surface area contributed by atoms with Gasteiger partial charge in [-0.15, -0.1) is 0 Å². The van der Waals surface area contributed by atoms with Crippen molar-refractivity contribution in [1.29, 1.82) is 0 Å². The minimum atomic E-state index is -0.260. The maximum Gasteiger partial charge on any atom is 0.277 e. The molecular weight excluding hydrogens is 256 g/mol. The van der Waals surface area contributed by atoms with E-state index in [0.717, 1.165) is 5.69 Å². The number of nitrogens with one attached hydrogen (secondary N) is 4. The summed E-state index contributed by atoms with van der Waals surface area (Å²) in [6.07, 6.45) is 0. The van der Waals surface area contributed by atoms with E-state index in [2.05, 4.69) is 25.9 Å². The molecule has 1 unspecified atom stereocenters. The van der Waals surface area contributed by atoms with Gasteiger partial charge in [-0.05, 0) is 12.1 Å². The van der Waals surface area contributed by atoms with E-state index in [1.54, 1.807) is 0 Å². The zero-order valence-corrected chi connectivity index (χ0v) is 10.8. The summed E-state index contributed by atoms with van der Waals surface area (Å²) in [6.45, 7) is 1.36. The zero-order chi connectivity index (χ0) is 13.9. The normalized spacial score (nSPS) is 16.7. The second-order valence-electron chi connectivity index (χ2n) is 4.64. The van der Waals surface area contributed by atoms with Gasteiger partial charge in [0.2, 0.25) is 5.95 Å². The van der Waals surface area contributed by atoms with Crippen LogP contribution in [0.5, 0.6) is 0 Å². The topological polar surface area (TPSA) is 108 Å². The van der Waals surface area contributed by atoms with Crippen molar-refractivity contribution in [2.75, 3.05) is 34.8 Å². The Morgan fingerprint density at radius 2 is 2.15 bits per heavy atom. The van der Waals surface area contributed by atoms with Crippen LogP contribution < -0.4 is 27.2 Å². The van der Waals surface area contributed by atoms with Crippen molar-refractivity contribution in [2.45, 2.75) is 6.04 Å². The van der Waals surface area contributed by atoms with E-state index in [1.165, 1.54) is 0 Å².